The van der Waals surface area contributed by atoms with Crippen molar-refractivity contribution in [3.63, 3.8) is 0 Å². The summed E-state index contributed by atoms with van der Waals surface area (Å²) >= 11 is 0. The third-order valence-corrected chi connectivity index (χ3v) is 4.71. The summed E-state index contributed by atoms with van der Waals surface area (Å²) in [7, 11) is 2.07. The van der Waals surface area contributed by atoms with E-state index in [2.05, 4.69) is 18.9 Å². The Labute approximate surface area is 125 Å². The smallest absolute Gasteiger partial charge is 0.338 e. The summed E-state index contributed by atoms with van der Waals surface area (Å²) in [5, 5.41) is 8.98. The number of carboxylic acid groups (broad SMARTS) is 1. The van der Waals surface area contributed by atoms with E-state index < -0.39 is 11.8 Å². The molecule has 0 bridgehead atoms. The van der Waals surface area contributed by atoms with Crippen LogP contribution in [0.5, 0.6) is 0 Å². The summed E-state index contributed by atoms with van der Waals surface area (Å²) in [6, 6.07) is 4.92. The van der Waals surface area contributed by atoms with Crippen LogP contribution >= 0.6 is 0 Å². The van der Waals surface area contributed by atoms with Crippen molar-refractivity contribution in [3.05, 3.63) is 35.1 Å². The zero-order chi connectivity index (χ0) is 15.4. The Hall–Kier alpha value is -1.42. The molecule has 1 N–H and O–H groups in total. The van der Waals surface area contributed by atoms with Crippen LogP contribution < -0.4 is 0 Å². The molecule has 0 saturated heterocycles. The topological polar surface area (TPSA) is 40.5 Å². The quantitative estimate of drug-likeness (QED) is 0.894. The predicted octanol–water partition coefficient (Wildman–Crippen LogP) is 3.92. The van der Waals surface area contributed by atoms with Crippen LogP contribution in [0.15, 0.2) is 18.2 Å². The van der Waals surface area contributed by atoms with Gasteiger partial charge < -0.3 is 5.11 Å². The first kappa shape index (κ1) is 16.0. The molecule has 1 aromatic carbocycles. The van der Waals surface area contributed by atoms with Crippen LogP contribution in [0.2, 0.25) is 0 Å². The molecule has 0 aliphatic heterocycles. The van der Waals surface area contributed by atoms with Crippen molar-refractivity contribution in [1.29, 1.82) is 0 Å². The van der Waals surface area contributed by atoms with Gasteiger partial charge in [0, 0.05) is 12.6 Å². The fraction of sp³-hybridized carbons (Fsp3) is 0.588. The van der Waals surface area contributed by atoms with Crippen molar-refractivity contribution in [1.82, 2.24) is 4.90 Å². The molecule has 1 aliphatic rings. The molecule has 4 heteroatoms. The van der Waals surface area contributed by atoms with Gasteiger partial charge in [-0.25, -0.2) is 9.18 Å². The zero-order valence-electron chi connectivity index (χ0n) is 12.8. The third-order valence-electron chi connectivity index (χ3n) is 4.71. The van der Waals surface area contributed by atoms with Crippen LogP contribution in [0.3, 0.4) is 0 Å². The summed E-state index contributed by atoms with van der Waals surface area (Å²) < 4.78 is 13.4. The van der Waals surface area contributed by atoms with E-state index in [0.717, 1.165) is 11.5 Å². The number of carboxylic acids is 1. The van der Waals surface area contributed by atoms with Gasteiger partial charge in [-0.05, 0) is 56.3 Å². The summed E-state index contributed by atoms with van der Waals surface area (Å²) in [6.45, 7) is 2.92. The van der Waals surface area contributed by atoms with Crippen LogP contribution in [-0.2, 0) is 6.54 Å². The highest BCUT2D eigenvalue weighted by Crippen LogP contribution is 2.29. The van der Waals surface area contributed by atoms with Gasteiger partial charge in [0.25, 0.3) is 0 Å². The van der Waals surface area contributed by atoms with E-state index in [-0.39, 0.29) is 5.56 Å². The molecule has 21 heavy (non-hydrogen) atoms. The summed E-state index contributed by atoms with van der Waals surface area (Å²) in [6.07, 6.45) is 6.20. The Morgan fingerprint density at radius 1 is 1.33 bits per heavy atom. The van der Waals surface area contributed by atoms with Crippen molar-refractivity contribution in [2.75, 3.05) is 7.05 Å². The van der Waals surface area contributed by atoms with Gasteiger partial charge in [-0.1, -0.05) is 19.4 Å². The molecule has 2 rings (SSSR count). The maximum absolute atomic E-state index is 13.4. The van der Waals surface area contributed by atoms with E-state index in [4.69, 9.17) is 5.11 Å². The maximum atomic E-state index is 13.4. The van der Waals surface area contributed by atoms with Gasteiger partial charge in [0.05, 0.1) is 5.56 Å². The maximum Gasteiger partial charge on any atom is 0.338 e. The Balaban J connectivity index is 1.98. The number of nitrogens with zero attached hydrogens (tertiary/aromatic N) is 1. The zero-order valence-corrected chi connectivity index (χ0v) is 12.8. The lowest BCUT2D eigenvalue weighted by molar-refractivity contribution is 0.0691. The van der Waals surface area contributed by atoms with E-state index in [1.807, 2.05) is 0 Å². The normalized spacial score (nSPS) is 22.5. The minimum Gasteiger partial charge on any atom is -0.478 e. The van der Waals surface area contributed by atoms with Crippen LogP contribution in [0, 0.1) is 11.7 Å². The van der Waals surface area contributed by atoms with Crippen LogP contribution in [0.25, 0.3) is 0 Å². The molecule has 1 aliphatic carbocycles. The molecule has 0 spiro atoms. The molecule has 0 heterocycles. The van der Waals surface area contributed by atoms with Crippen LogP contribution in [0.4, 0.5) is 4.39 Å². The first-order valence-corrected chi connectivity index (χ1v) is 7.73. The van der Waals surface area contributed by atoms with Gasteiger partial charge in [0.15, 0.2) is 0 Å². The lowest BCUT2D eigenvalue weighted by atomic mass is 9.84. The number of halogens is 1. The highest BCUT2D eigenvalue weighted by Gasteiger charge is 2.23. The standard InChI is InChI=1S/C17H24FNO2/c1-3-12-4-7-14(8-5-12)19(2)11-13-6-9-16(18)15(10-13)17(20)21/h6,9-10,12,14H,3-5,7-8,11H2,1-2H3,(H,20,21). The van der Waals surface area contributed by atoms with Crippen molar-refractivity contribution in [2.24, 2.45) is 5.92 Å². The van der Waals surface area contributed by atoms with Crippen molar-refractivity contribution in [2.45, 2.75) is 51.6 Å². The number of benzene rings is 1. The number of rotatable bonds is 5. The summed E-state index contributed by atoms with van der Waals surface area (Å²) in [4.78, 5) is 13.2. The molecule has 0 radical (unpaired) electrons. The summed E-state index contributed by atoms with van der Waals surface area (Å²) in [5.74, 6) is -1.02. The fourth-order valence-corrected chi connectivity index (χ4v) is 3.25. The molecule has 0 aromatic heterocycles. The van der Waals surface area contributed by atoms with Gasteiger partial charge >= 0.3 is 5.97 Å². The first-order valence-electron chi connectivity index (χ1n) is 7.73. The average molecular weight is 293 g/mol. The highest BCUT2D eigenvalue weighted by molar-refractivity contribution is 5.88. The second-order valence-corrected chi connectivity index (χ2v) is 6.12. The van der Waals surface area contributed by atoms with E-state index in [1.165, 1.54) is 44.2 Å². The third kappa shape index (κ3) is 4.03. The molecule has 116 valence electrons. The largest absolute Gasteiger partial charge is 0.478 e. The molecular formula is C17H24FNO2. The fourth-order valence-electron chi connectivity index (χ4n) is 3.25. The van der Waals surface area contributed by atoms with Crippen molar-refractivity contribution in [3.8, 4) is 0 Å². The van der Waals surface area contributed by atoms with Crippen LogP contribution in [0.1, 0.15) is 54.9 Å². The second-order valence-electron chi connectivity index (χ2n) is 6.12. The monoisotopic (exact) mass is 293 g/mol. The lowest BCUT2D eigenvalue weighted by Crippen LogP contribution is -2.34. The van der Waals surface area contributed by atoms with Gasteiger partial charge in [-0.2, -0.15) is 0 Å². The van der Waals surface area contributed by atoms with Gasteiger partial charge in [-0.15, -0.1) is 0 Å². The Bertz CT molecular complexity index is 496. The number of hydrogen-bond donors (Lipinski definition) is 1. The molecule has 0 atom stereocenters. The van der Waals surface area contributed by atoms with E-state index >= 15 is 0 Å². The molecule has 0 amide bonds. The van der Waals surface area contributed by atoms with E-state index in [1.54, 1.807) is 6.07 Å². The second kappa shape index (κ2) is 7.03. The van der Waals surface area contributed by atoms with Gasteiger partial charge in [0.2, 0.25) is 0 Å². The molecule has 1 fully saturated rings. The van der Waals surface area contributed by atoms with Crippen LogP contribution in [-0.4, -0.2) is 29.1 Å². The van der Waals surface area contributed by atoms with Crippen molar-refractivity contribution >= 4 is 5.97 Å². The number of carbonyl (C=O) groups is 1. The number of aromatic carboxylic acids is 1. The Morgan fingerprint density at radius 2 is 2.00 bits per heavy atom. The minimum atomic E-state index is -1.21. The first-order chi connectivity index (χ1) is 10.0. The van der Waals surface area contributed by atoms with Gasteiger partial charge in [-0.3, -0.25) is 4.90 Å². The highest BCUT2D eigenvalue weighted by atomic mass is 19.1. The molecule has 1 saturated carbocycles. The molecule has 3 nitrogen and oxygen atoms in total. The SMILES string of the molecule is CCC1CCC(N(C)Cc2ccc(F)c(C(=O)O)c2)CC1. The lowest BCUT2D eigenvalue weighted by Gasteiger charge is -2.34. The average Bonchev–Trinajstić information content (AvgIpc) is 2.49. The van der Waals surface area contributed by atoms with Gasteiger partial charge in [0.1, 0.15) is 5.82 Å². The molecular weight excluding hydrogens is 269 g/mol. The number of hydrogen-bond acceptors (Lipinski definition) is 2. The van der Waals surface area contributed by atoms with E-state index in [0.29, 0.717) is 12.6 Å². The van der Waals surface area contributed by atoms with Crippen molar-refractivity contribution < 1.29 is 14.3 Å². The molecule has 0 unspecified atom stereocenters. The molecule has 1 aromatic rings. The minimum absolute atomic E-state index is 0.240. The predicted molar refractivity (Wildman–Crippen MR) is 80.9 cm³/mol. The van der Waals surface area contributed by atoms with E-state index in [9.17, 15) is 9.18 Å². The summed E-state index contributed by atoms with van der Waals surface area (Å²) in [5.41, 5.74) is 0.615. The Kier molecular flexibility index (Phi) is 5.34. The Morgan fingerprint density at radius 3 is 2.57 bits per heavy atom.